The fourth-order valence-corrected chi connectivity index (χ4v) is 2.51. The summed E-state index contributed by atoms with van der Waals surface area (Å²) in [5, 5.41) is 6.00. The number of aromatic nitrogens is 1. The average Bonchev–Trinajstić information content (AvgIpc) is 3.08. The van der Waals surface area contributed by atoms with E-state index in [4.69, 9.17) is 9.26 Å². The monoisotopic (exact) mass is 404 g/mol. The second-order valence-electron chi connectivity index (χ2n) is 6.05. The first-order valence-electron chi connectivity index (χ1n) is 8.41. The maximum Gasteiger partial charge on any atom is 0.416 e. The Kier molecular flexibility index (Phi) is 5.67. The highest BCUT2D eigenvalue weighted by molar-refractivity contribution is 6.10. The number of hydrogen-bond acceptors (Lipinski definition) is 5. The summed E-state index contributed by atoms with van der Waals surface area (Å²) in [6.07, 6.45) is -4.48. The van der Waals surface area contributed by atoms with Crippen molar-refractivity contribution in [1.29, 1.82) is 0 Å². The van der Waals surface area contributed by atoms with Crippen LogP contribution in [0.15, 0.2) is 59.1 Å². The number of halogens is 3. The minimum absolute atomic E-state index is 0.0223. The van der Waals surface area contributed by atoms with Crippen LogP contribution < -0.4 is 5.32 Å². The van der Waals surface area contributed by atoms with Crippen LogP contribution >= 0.6 is 0 Å². The summed E-state index contributed by atoms with van der Waals surface area (Å²) in [5.41, 5.74) is -0.448. The molecule has 0 saturated carbocycles. The van der Waals surface area contributed by atoms with Crippen molar-refractivity contribution in [1.82, 2.24) is 5.16 Å². The van der Waals surface area contributed by atoms with Crippen LogP contribution in [0.25, 0.3) is 0 Å². The maximum absolute atomic E-state index is 12.6. The molecule has 0 saturated heterocycles. The zero-order valence-electron chi connectivity index (χ0n) is 15.1. The average molecular weight is 404 g/mol. The molecule has 9 heteroatoms. The smallest absolute Gasteiger partial charge is 0.416 e. The van der Waals surface area contributed by atoms with E-state index in [1.165, 1.54) is 6.92 Å². The predicted octanol–water partition coefficient (Wildman–Crippen LogP) is 4.61. The van der Waals surface area contributed by atoms with Gasteiger partial charge in [0.15, 0.2) is 0 Å². The number of alkyl halides is 3. The normalized spacial score (nSPS) is 11.2. The van der Waals surface area contributed by atoms with Gasteiger partial charge in [0.25, 0.3) is 5.91 Å². The Bertz CT molecular complexity index is 1010. The van der Waals surface area contributed by atoms with Gasteiger partial charge in [-0.2, -0.15) is 13.2 Å². The zero-order chi connectivity index (χ0) is 21.0. The van der Waals surface area contributed by atoms with E-state index in [1.807, 2.05) is 6.07 Å². The topological polar surface area (TPSA) is 81.4 Å². The lowest BCUT2D eigenvalue weighted by Gasteiger charge is -2.09. The van der Waals surface area contributed by atoms with Crippen molar-refractivity contribution in [2.45, 2.75) is 19.7 Å². The Labute approximate surface area is 163 Å². The predicted molar refractivity (Wildman–Crippen MR) is 96.2 cm³/mol. The highest BCUT2D eigenvalue weighted by Crippen LogP contribution is 2.30. The first-order chi connectivity index (χ1) is 13.8. The SMILES string of the molecule is Cc1onc(C(=O)OCc2ccccc2)c1C(=O)Nc1ccc(C(F)(F)F)cc1. The van der Waals surface area contributed by atoms with Gasteiger partial charge in [0.2, 0.25) is 5.69 Å². The van der Waals surface area contributed by atoms with Crippen molar-refractivity contribution in [2.24, 2.45) is 0 Å². The minimum atomic E-state index is -4.48. The van der Waals surface area contributed by atoms with Crippen LogP contribution in [-0.4, -0.2) is 17.0 Å². The molecule has 1 N–H and O–H groups in total. The lowest BCUT2D eigenvalue weighted by molar-refractivity contribution is -0.137. The van der Waals surface area contributed by atoms with Gasteiger partial charge < -0.3 is 14.6 Å². The molecular formula is C20H15F3N2O4. The molecule has 29 heavy (non-hydrogen) atoms. The van der Waals surface area contributed by atoms with Crippen LogP contribution in [0.4, 0.5) is 18.9 Å². The Morgan fingerprint density at radius 2 is 1.72 bits per heavy atom. The second kappa shape index (κ2) is 8.17. The number of nitrogens with one attached hydrogen (secondary N) is 1. The number of rotatable bonds is 5. The van der Waals surface area contributed by atoms with Gasteiger partial charge in [0.1, 0.15) is 17.9 Å². The Morgan fingerprint density at radius 1 is 1.07 bits per heavy atom. The third-order valence-electron chi connectivity index (χ3n) is 3.97. The number of carbonyl (C=O) groups excluding carboxylic acids is 2. The van der Waals surface area contributed by atoms with Gasteiger partial charge in [0, 0.05) is 5.69 Å². The molecule has 3 rings (SSSR count). The number of anilines is 1. The van der Waals surface area contributed by atoms with E-state index in [0.717, 1.165) is 29.8 Å². The molecule has 6 nitrogen and oxygen atoms in total. The van der Waals surface area contributed by atoms with E-state index in [1.54, 1.807) is 24.3 Å². The Morgan fingerprint density at radius 3 is 2.34 bits per heavy atom. The van der Waals surface area contributed by atoms with E-state index < -0.39 is 23.6 Å². The van der Waals surface area contributed by atoms with E-state index in [9.17, 15) is 22.8 Å². The van der Waals surface area contributed by atoms with Crippen LogP contribution in [0.5, 0.6) is 0 Å². The van der Waals surface area contributed by atoms with Crippen molar-refractivity contribution < 1.29 is 32.0 Å². The summed E-state index contributed by atoms with van der Waals surface area (Å²) in [7, 11) is 0. The second-order valence-corrected chi connectivity index (χ2v) is 6.05. The molecule has 0 bridgehead atoms. The summed E-state index contributed by atoms with van der Waals surface area (Å²) < 4.78 is 48.0. The molecule has 0 fully saturated rings. The molecule has 0 aliphatic carbocycles. The number of carbonyl (C=O) groups is 2. The van der Waals surface area contributed by atoms with Crippen LogP contribution in [0, 0.1) is 6.92 Å². The van der Waals surface area contributed by atoms with Gasteiger partial charge in [0.05, 0.1) is 5.56 Å². The highest BCUT2D eigenvalue weighted by atomic mass is 19.4. The van der Waals surface area contributed by atoms with Crippen molar-refractivity contribution in [2.75, 3.05) is 5.32 Å². The third kappa shape index (κ3) is 4.81. The number of aryl methyl sites for hydroxylation is 1. The van der Waals surface area contributed by atoms with Crippen LogP contribution in [0.2, 0.25) is 0 Å². The van der Waals surface area contributed by atoms with Gasteiger partial charge >= 0.3 is 12.1 Å². The molecule has 0 radical (unpaired) electrons. The first kappa shape index (κ1) is 20.1. The molecule has 1 aromatic heterocycles. The van der Waals surface area contributed by atoms with E-state index in [0.29, 0.717) is 0 Å². The molecule has 1 heterocycles. The van der Waals surface area contributed by atoms with Crippen LogP contribution in [0.1, 0.15) is 37.7 Å². The fourth-order valence-electron chi connectivity index (χ4n) is 2.51. The van der Waals surface area contributed by atoms with Gasteiger partial charge in [-0.1, -0.05) is 35.5 Å². The standard InChI is InChI=1S/C20H15F3N2O4/c1-12-16(18(26)24-15-9-7-14(8-10-15)20(21,22)23)17(25-29-12)19(27)28-11-13-5-3-2-4-6-13/h2-10H,11H2,1H3,(H,24,26). The molecule has 3 aromatic rings. The zero-order valence-corrected chi connectivity index (χ0v) is 15.1. The summed E-state index contributed by atoms with van der Waals surface area (Å²) in [6, 6.07) is 12.8. The quantitative estimate of drug-likeness (QED) is 0.628. The van der Waals surface area contributed by atoms with Gasteiger partial charge in [-0.25, -0.2) is 4.79 Å². The summed E-state index contributed by atoms with van der Waals surface area (Å²) in [4.78, 5) is 24.9. The molecule has 0 aliphatic heterocycles. The highest BCUT2D eigenvalue weighted by Gasteiger charge is 2.30. The fraction of sp³-hybridized carbons (Fsp3) is 0.150. The molecule has 150 valence electrons. The molecule has 0 spiro atoms. The van der Waals surface area contributed by atoms with Crippen molar-refractivity contribution >= 4 is 17.6 Å². The van der Waals surface area contributed by atoms with Gasteiger partial charge in [-0.15, -0.1) is 0 Å². The van der Waals surface area contributed by atoms with E-state index in [-0.39, 0.29) is 29.3 Å². The lowest BCUT2D eigenvalue weighted by atomic mass is 10.1. The third-order valence-corrected chi connectivity index (χ3v) is 3.97. The molecular weight excluding hydrogens is 389 g/mol. The van der Waals surface area contributed by atoms with Crippen molar-refractivity contribution in [3.63, 3.8) is 0 Å². The Balaban J connectivity index is 1.72. The van der Waals surface area contributed by atoms with Crippen LogP contribution in [0.3, 0.4) is 0 Å². The molecule has 1 amide bonds. The summed E-state index contributed by atoms with van der Waals surface area (Å²) in [6.45, 7) is 1.41. The molecule has 0 aliphatic rings. The van der Waals surface area contributed by atoms with Crippen molar-refractivity contribution in [3.05, 3.63) is 82.7 Å². The minimum Gasteiger partial charge on any atom is -0.456 e. The van der Waals surface area contributed by atoms with E-state index in [2.05, 4.69) is 10.5 Å². The number of ether oxygens (including phenoxy) is 1. The number of hydrogen-bond donors (Lipinski definition) is 1. The van der Waals surface area contributed by atoms with Crippen LogP contribution in [-0.2, 0) is 17.5 Å². The van der Waals surface area contributed by atoms with Crippen molar-refractivity contribution in [3.8, 4) is 0 Å². The summed E-state index contributed by atoms with van der Waals surface area (Å²) >= 11 is 0. The number of esters is 1. The maximum atomic E-state index is 12.6. The molecule has 0 unspecified atom stereocenters. The van der Waals surface area contributed by atoms with Gasteiger partial charge in [-0.05, 0) is 36.8 Å². The number of amides is 1. The molecule has 2 aromatic carbocycles. The number of benzene rings is 2. The first-order valence-corrected chi connectivity index (χ1v) is 8.41. The summed E-state index contributed by atoms with van der Waals surface area (Å²) in [5.74, 6) is -1.54. The Hall–Kier alpha value is -3.62. The molecule has 0 atom stereocenters. The lowest BCUT2D eigenvalue weighted by Crippen LogP contribution is -2.18. The number of nitrogens with zero attached hydrogens (tertiary/aromatic N) is 1. The van der Waals surface area contributed by atoms with E-state index >= 15 is 0 Å². The largest absolute Gasteiger partial charge is 0.456 e. The van der Waals surface area contributed by atoms with Gasteiger partial charge in [-0.3, -0.25) is 4.79 Å².